The molecular weight excluding hydrogens is 272 g/mol. The van der Waals surface area contributed by atoms with Crippen LogP contribution in [0, 0.1) is 0 Å². The van der Waals surface area contributed by atoms with Gasteiger partial charge in [-0.3, -0.25) is 0 Å². The summed E-state index contributed by atoms with van der Waals surface area (Å²) in [7, 11) is 1.59. The van der Waals surface area contributed by atoms with E-state index in [0.717, 1.165) is 22.3 Å². The Kier molecular flexibility index (Phi) is 3.38. The predicted molar refractivity (Wildman–Crippen MR) is 81.7 cm³/mol. The largest absolute Gasteiger partial charge is 0.381 e. The van der Waals surface area contributed by atoms with Crippen LogP contribution < -0.4 is 0 Å². The topological polar surface area (TPSA) is 29.5 Å². The van der Waals surface area contributed by atoms with Gasteiger partial charge in [-0.15, -0.1) is 0 Å². The second-order valence-electron chi connectivity index (χ2n) is 4.95. The van der Waals surface area contributed by atoms with E-state index in [0.29, 0.717) is 5.02 Å². The summed E-state index contributed by atoms with van der Waals surface area (Å²) in [5.74, 6) is 0. The molecule has 0 saturated heterocycles. The van der Waals surface area contributed by atoms with Crippen LogP contribution in [0.25, 0.3) is 12.2 Å². The quantitative estimate of drug-likeness (QED) is 0.912. The first kappa shape index (κ1) is 13.4. The Morgan fingerprint density at radius 2 is 1.75 bits per heavy atom. The van der Waals surface area contributed by atoms with E-state index in [-0.39, 0.29) is 6.61 Å². The molecule has 1 atom stereocenters. The summed E-state index contributed by atoms with van der Waals surface area (Å²) in [5, 5.41) is 11.9. The maximum absolute atomic E-state index is 11.3. The SMILES string of the molecule is COC[C@@]1(O)c2ccccc2C=Cc2ccc(Cl)cc21. The maximum Gasteiger partial charge on any atom is 0.139 e. The van der Waals surface area contributed by atoms with Crippen LogP contribution >= 0.6 is 11.6 Å². The Bertz CT molecular complexity index is 678. The molecule has 0 unspecified atom stereocenters. The van der Waals surface area contributed by atoms with Crippen LogP contribution in [0.3, 0.4) is 0 Å². The third-order valence-electron chi connectivity index (χ3n) is 3.66. The Morgan fingerprint density at radius 1 is 1.05 bits per heavy atom. The van der Waals surface area contributed by atoms with Gasteiger partial charge in [-0.25, -0.2) is 0 Å². The minimum Gasteiger partial charge on any atom is -0.381 e. The highest BCUT2D eigenvalue weighted by atomic mass is 35.5. The smallest absolute Gasteiger partial charge is 0.139 e. The van der Waals surface area contributed by atoms with Crippen molar-refractivity contribution in [2.45, 2.75) is 5.60 Å². The summed E-state index contributed by atoms with van der Waals surface area (Å²) in [6, 6.07) is 13.3. The highest BCUT2D eigenvalue weighted by Gasteiger charge is 2.36. The van der Waals surface area contributed by atoms with Gasteiger partial charge >= 0.3 is 0 Å². The van der Waals surface area contributed by atoms with E-state index in [9.17, 15) is 5.11 Å². The molecule has 0 spiro atoms. The molecule has 0 bridgehead atoms. The van der Waals surface area contributed by atoms with Gasteiger partial charge in [0.15, 0.2) is 0 Å². The van der Waals surface area contributed by atoms with Crippen molar-refractivity contribution in [1.29, 1.82) is 0 Å². The highest BCUT2D eigenvalue weighted by molar-refractivity contribution is 6.30. The van der Waals surface area contributed by atoms with Crippen molar-refractivity contribution in [2.24, 2.45) is 0 Å². The molecule has 0 aromatic heterocycles. The number of hydrogen-bond donors (Lipinski definition) is 1. The van der Waals surface area contributed by atoms with Gasteiger partial charge in [0, 0.05) is 12.1 Å². The number of rotatable bonds is 2. The van der Waals surface area contributed by atoms with Crippen molar-refractivity contribution in [3.63, 3.8) is 0 Å². The molecule has 1 aliphatic carbocycles. The zero-order valence-electron chi connectivity index (χ0n) is 11.1. The molecule has 102 valence electrons. The van der Waals surface area contributed by atoms with Crippen LogP contribution in [-0.4, -0.2) is 18.8 Å². The number of ether oxygens (including phenoxy) is 1. The molecule has 2 aromatic carbocycles. The Morgan fingerprint density at radius 3 is 2.50 bits per heavy atom. The molecule has 2 nitrogen and oxygen atoms in total. The molecule has 20 heavy (non-hydrogen) atoms. The molecule has 3 rings (SSSR count). The zero-order chi connectivity index (χ0) is 14.2. The van der Waals surface area contributed by atoms with Gasteiger partial charge < -0.3 is 9.84 Å². The summed E-state index contributed by atoms with van der Waals surface area (Å²) in [6.07, 6.45) is 4.01. The first-order valence-corrected chi connectivity index (χ1v) is 6.82. The van der Waals surface area contributed by atoms with E-state index < -0.39 is 5.60 Å². The van der Waals surface area contributed by atoms with Crippen molar-refractivity contribution in [3.05, 3.63) is 69.7 Å². The monoisotopic (exact) mass is 286 g/mol. The average molecular weight is 287 g/mol. The second kappa shape index (κ2) is 5.06. The molecule has 0 radical (unpaired) electrons. The summed E-state index contributed by atoms with van der Waals surface area (Å²) < 4.78 is 5.27. The summed E-state index contributed by atoms with van der Waals surface area (Å²) in [4.78, 5) is 0. The average Bonchev–Trinajstić information content (AvgIpc) is 2.57. The third-order valence-corrected chi connectivity index (χ3v) is 3.90. The summed E-state index contributed by atoms with van der Waals surface area (Å²) >= 11 is 6.11. The fourth-order valence-electron chi connectivity index (χ4n) is 2.74. The van der Waals surface area contributed by atoms with Crippen molar-refractivity contribution in [1.82, 2.24) is 0 Å². The molecule has 1 aliphatic rings. The maximum atomic E-state index is 11.3. The fraction of sp³-hybridized carbons (Fsp3) is 0.176. The van der Waals surface area contributed by atoms with Gasteiger partial charge in [-0.2, -0.15) is 0 Å². The number of fused-ring (bicyclic) bond motifs is 2. The molecule has 3 heteroatoms. The molecule has 0 amide bonds. The molecule has 0 heterocycles. The molecule has 0 aliphatic heterocycles. The van der Waals surface area contributed by atoms with E-state index in [1.165, 1.54) is 0 Å². The van der Waals surface area contributed by atoms with Crippen LogP contribution in [-0.2, 0) is 10.3 Å². The van der Waals surface area contributed by atoms with Crippen LogP contribution in [0.2, 0.25) is 5.02 Å². The van der Waals surface area contributed by atoms with Crippen molar-refractivity contribution >= 4 is 23.8 Å². The molecule has 2 aromatic rings. The standard InChI is InChI=1S/C17H15ClO2/c1-20-11-17(19)15-5-3-2-4-12(15)6-7-13-8-9-14(18)10-16(13)17/h2-10,19H,11H2,1H3/t17-/m1/s1. The van der Waals surface area contributed by atoms with Crippen LogP contribution in [0.5, 0.6) is 0 Å². The summed E-state index contributed by atoms with van der Waals surface area (Å²) in [6.45, 7) is 0.180. The number of benzene rings is 2. The normalized spacial score (nSPS) is 20.1. The lowest BCUT2D eigenvalue weighted by Gasteiger charge is -2.30. The molecule has 0 saturated carbocycles. The van der Waals surface area contributed by atoms with Crippen molar-refractivity contribution < 1.29 is 9.84 Å². The number of halogens is 1. The zero-order valence-corrected chi connectivity index (χ0v) is 11.9. The molecule has 1 N–H and O–H groups in total. The van der Waals surface area contributed by atoms with Crippen molar-refractivity contribution in [2.75, 3.05) is 13.7 Å². The van der Waals surface area contributed by atoms with Gasteiger partial charge in [0.05, 0.1) is 6.61 Å². The first-order valence-electron chi connectivity index (χ1n) is 6.44. The highest BCUT2D eigenvalue weighted by Crippen LogP contribution is 2.39. The van der Waals surface area contributed by atoms with Gasteiger partial charge in [-0.05, 0) is 34.4 Å². The third kappa shape index (κ3) is 2.06. The predicted octanol–water partition coefficient (Wildman–Crippen LogP) is 3.71. The Balaban J connectivity index is 2.32. The molecule has 0 fully saturated rings. The Labute approximate surface area is 123 Å². The van der Waals surface area contributed by atoms with E-state index in [1.54, 1.807) is 7.11 Å². The minimum atomic E-state index is -1.20. The Hall–Kier alpha value is -1.61. The van der Waals surface area contributed by atoms with Gasteiger partial charge in [-0.1, -0.05) is 54.1 Å². The van der Waals surface area contributed by atoms with Crippen LogP contribution in [0.1, 0.15) is 22.3 Å². The number of methoxy groups -OCH3 is 1. The van der Waals surface area contributed by atoms with E-state index in [1.807, 2.05) is 54.6 Å². The van der Waals surface area contributed by atoms with Gasteiger partial charge in [0.25, 0.3) is 0 Å². The number of hydrogen-bond acceptors (Lipinski definition) is 2. The van der Waals surface area contributed by atoms with E-state index in [2.05, 4.69) is 0 Å². The molecular formula is C17H15ClO2. The lowest BCUT2D eigenvalue weighted by molar-refractivity contribution is -0.00339. The number of aliphatic hydroxyl groups is 1. The lowest BCUT2D eigenvalue weighted by atomic mass is 9.84. The minimum absolute atomic E-state index is 0.180. The lowest BCUT2D eigenvalue weighted by Crippen LogP contribution is -2.33. The first-order chi connectivity index (χ1) is 9.65. The fourth-order valence-corrected chi connectivity index (χ4v) is 2.91. The van der Waals surface area contributed by atoms with Gasteiger partial charge in [0.2, 0.25) is 0 Å². The van der Waals surface area contributed by atoms with Crippen molar-refractivity contribution in [3.8, 4) is 0 Å². The van der Waals surface area contributed by atoms with Crippen LogP contribution in [0.15, 0.2) is 42.5 Å². The van der Waals surface area contributed by atoms with Crippen LogP contribution in [0.4, 0.5) is 0 Å². The summed E-state index contributed by atoms with van der Waals surface area (Å²) in [5.41, 5.74) is 2.34. The second-order valence-corrected chi connectivity index (χ2v) is 5.38. The van der Waals surface area contributed by atoms with Gasteiger partial charge in [0.1, 0.15) is 5.60 Å². The van der Waals surface area contributed by atoms with E-state index in [4.69, 9.17) is 16.3 Å². The van der Waals surface area contributed by atoms with E-state index >= 15 is 0 Å².